The van der Waals surface area contributed by atoms with Crippen LogP contribution in [0.2, 0.25) is 0 Å². The summed E-state index contributed by atoms with van der Waals surface area (Å²) in [7, 11) is 0. The van der Waals surface area contributed by atoms with E-state index in [1.54, 1.807) is 0 Å². The molecule has 150 valence electrons. The van der Waals surface area contributed by atoms with Crippen LogP contribution < -0.4 is 0 Å². The number of hydrogen-bond acceptors (Lipinski definition) is 5. The number of hydrogen-bond donors (Lipinski definition) is 3. The molecule has 2 aromatic carbocycles. The average Bonchev–Trinajstić information content (AvgIpc) is 3.10. The summed E-state index contributed by atoms with van der Waals surface area (Å²) in [6.07, 6.45) is 1.64. The fraction of sp³-hybridized carbons (Fsp3) is 0.318. The maximum atomic E-state index is 10.8. The summed E-state index contributed by atoms with van der Waals surface area (Å²) in [4.78, 5) is 18.5. The lowest BCUT2D eigenvalue weighted by Gasteiger charge is -2.21. The van der Waals surface area contributed by atoms with Gasteiger partial charge in [0, 0.05) is 23.0 Å². The molecule has 1 heterocycles. The molecule has 1 aliphatic carbocycles. The van der Waals surface area contributed by atoms with Gasteiger partial charge in [-0.3, -0.25) is 15.1 Å². The summed E-state index contributed by atoms with van der Waals surface area (Å²) in [6, 6.07) is 11.3. The second-order valence-electron chi connectivity index (χ2n) is 7.50. The molecule has 0 amide bonds. The van der Waals surface area contributed by atoms with E-state index >= 15 is 0 Å². The first-order chi connectivity index (χ1) is 14.0. The quantitative estimate of drug-likeness (QED) is 0.454. The smallest absolute Gasteiger partial charge is 0.269 e. The van der Waals surface area contributed by atoms with Gasteiger partial charge in [0.2, 0.25) is 0 Å². The Hall–Kier alpha value is -3.03. The first-order valence-corrected chi connectivity index (χ1v) is 9.69. The fourth-order valence-corrected chi connectivity index (χ4v) is 3.98. The Morgan fingerprint density at radius 3 is 2.66 bits per heavy atom. The fourth-order valence-electron chi connectivity index (χ4n) is 3.98. The highest BCUT2D eigenvalue weighted by molar-refractivity contribution is 6.06. The number of nitrogens with one attached hydrogen (secondary N) is 1. The predicted molar refractivity (Wildman–Crippen MR) is 111 cm³/mol. The monoisotopic (exact) mass is 393 g/mol. The Labute approximate surface area is 167 Å². The van der Waals surface area contributed by atoms with Gasteiger partial charge in [0.15, 0.2) is 0 Å². The van der Waals surface area contributed by atoms with Gasteiger partial charge in [-0.25, -0.2) is 0 Å². The van der Waals surface area contributed by atoms with Gasteiger partial charge in [0.1, 0.15) is 12.1 Å². The molecular formula is C22H23N3O4. The Morgan fingerprint density at radius 1 is 1.21 bits per heavy atom. The van der Waals surface area contributed by atoms with Crippen LogP contribution in [0, 0.1) is 17.0 Å². The highest BCUT2D eigenvalue weighted by Gasteiger charge is 2.25. The van der Waals surface area contributed by atoms with Gasteiger partial charge in [0.25, 0.3) is 5.69 Å². The Kier molecular flexibility index (Phi) is 5.17. The van der Waals surface area contributed by atoms with Crippen LogP contribution in [0.4, 0.5) is 5.69 Å². The van der Waals surface area contributed by atoms with Crippen molar-refractivity contribution in [2.75, 3.05) is 6.61 Å². The minimum Gasteiger partial charge on any atom is -0.394 e. The molecule has 1 aliphatic rings. The number of aliphatic hydroxyl groups is 2. The topological polar surface area (TPSA) is 112 Å². The van der Waals surface area contributed by atoms with Gasteiger partial charge in [0.05, 0.1) is 22.9 Å². The molecule has 0 saturated heterocycles. The van der Waals surface area contributed by atoms with Crippen LogP contribution >= 0.6 is 0 Å². The van der Waals surface area contributed by atoms with E-state index in [0.29, 0.717) is 5.56 Å². The summed E-state index contributed by atoms with van der Waals surface area (Å²) < 4.78 is 0. The van der Waals surface area contributed by atoms with E-state index in [9.17, 15) is 20.3 Å². The van der Waals surface area contributed by atoms with Crippen molar-refractivity contribution < 1.29 is 15.1 Å². The van der Waals surface area contributed by atoms with Crippen molar-refractivity contribution in [1.29, 1.82) is 0 Å². The lowest BCUT2D eigenvalue weighted by molar-refractivity contribution is -0.384. The van der Waals surface area contributed by atoms with Crippen molar-refractivity contribution in [3.8, 4) is 0 Å². The molecule has 0 spiro atoms. The molecule has 0 fully saturated rings. The van der Waals surface area contributed by atoms with Gasteiger partial charge in [-0.2, -0.15) is 0 Å². The Balaban J connectivity index is 1.67. The number of nitro groups is 1. The van der Waals surface area contributed by atoms with Crippen LogP contribution in [0.1, 0.15) is 41.3 Å². The van der Waals surface area contributed by atoms with E-state index in [-0.39, 0.29) is 12.3 Å². The van der Waals surface area contributed by atoms with E-state index < -0.39 is 17.1 Å². The number of aromatic amines is 1. The second kappa shape index (κ2) is 7.77. The maximum Gasteiger partial charge on any atom is 0.269 e. The molecule has 0 radical (unpaired) electrons. The van der Waals surface area contributed by atoms with Crippen molar-refractivity contribution in [1.82, 2.24) is 4.98 Å². The third-order valence-corrected chi connectivity index (χ3v) is 5.51. The summed E-state index contributed by atoms with van der Waals surface area (Å²) in [5.74, 6) is 0. The molecule has 29 heavy (non-hydrogen) atoms. The van der Waals surface area contributed by atoms with Crippen molar-refractivity contribution >= 4 is 22.3 Å². The van der Waals surface area contributed by atoms with E-state index in [1.807, 2.05) is 0 Å². The van der Waals surface area contributed by atoms with E-state index in [0.717, 1.165) is 36.2 Å². The van der Waals surface area contributed by atoms with Gasteiger partial charge in [-0.1, -0.05) is 11.6 Å². The average molecular weight is 393 g/mol. The zero-order valence-corrected chi connectivity index (χ0v) is 16.1. The van der Waals surface area contributed by atoms with Crippen LogP contribution in [0.15, 0.2) is 47.5 Å². The molecule has 0 saturated carbocycles. The number of rotatable bonds is 5. The molecule has 3 N–H and O–H groups in total. The number of nitro benzene ring substituents is 1. The molecule has 3 aromatic rings. The summed E-state index contributed by atoms with van der Waals surface area (Å²) in [6.45, 7) is 1.75. The van der Waals surface area contributed by atoms with Crippen LogP contribution in [0.3, 0.4) is 0 Å². The highest BCUT2D eigenvalue weighted by Crippen LogP contribution is 2.31. The van der Waals surface area contributed by atoms with Crippen molar-refractivity contribution in [3.05, 3.63) is 75.0 Å². The largest absolute Gasteiger partial charge is 0.394 e. The van der Waals surface area contributed by atoms with Crippen molar-refractivity contribution in [3.63, 3.8) is 0 Å². The van der Waals surface area contributed by atoms with Gasteiger partial charge >= 0.3 is 0 Å². The molecule has 7 nitrogen and oxygen atoms in total. The number of aliphatic hydroxyl groups excluding tert-OH is 2. The Bertz CT molecular complexity index is 1090. The molecule has 2 unspecified atom stereocenters. The minimum atomic E-state index is -1.05. The second-order valence-corrected chi connectivity index (χ2v) is 7.50. The zero-order valence-electron chi connectivity index (χ0n) is 16.1. The first-order valence-electron chi connectivity index (χ1n) is 9.69. The minimum absolute atomic E-state index is 0.0434. The normalized spacial score (nSPS) is 17.3. The number of aromatic nitrogens is 1. The SMILES string of the molecule is Cc1ccc2[nH]c3c(c2c1)CCCC3=NC(CO)C(O)c1ccc([N+](=O)[O-])cc1. The molecule has 7 heteroatoms. The number of H-pyrrole nitrogens is 1. The Morgan fingerprint density at radius 2 is 1.97 bits per heavy atom. The third kappa shape index (κ3) is 3.66. The lowest BCUT2D eigenvalue weighted by Crippen LogP contribution is -2.24. The van der Waals surface area contributed by atoms with Gasteiger partial charge in [-0.15, -0.1) is 0 Å². The molecule has 1 aromatic heterocycles. The number of nitrogens with zero attached hydrogens (tertiary/aromatic N) is 2. The summed E-state index contributed by atoms with van der Waals surface area (Å²) in [5, 5.41) is 32.6. The van der Waals surface area contributed by atoms with Gasteiger partial charge < -0.3 is 15.2 Å². The number of aryl methyl sites for hydroxylation is 2. The first kappa shape index (κ1) is 19.3. The van der Waals surface area contributed by atoms with E-state index in [4.69, 9.17) is 4.99 Å². The summed E-state index contributed by atoms with van der Waals surface area (Å²) >= 11 is 0. The third-order valence-electron chi connectivity index (χ3n) is 5.51. The standard InChI is InChI=1S/C22H23N3O4/c1-13-5-10-18-17(11-13)16-3-2-4-19(21(16)24-18)23-20(12-26)22(27)14-6-8-15(9-7-14)25(28)29/h5-11,20,22,24,26-27H,2-4,12H2,1H3. The molecular weight excluding hydrogens is 370 g/mol. The molecule has 4 rings (SSSR count). The number of fused-ring (bicyclic) bond motifs is 3. The van der Waals surface area contributed by atoms with Crippen LogP contribution in [-0.4, -0.2) is 38.5 Å². The molecule has 0 bridgehead atoms. The van der Waals surface area contributed by atoms with Gasteiger partial charge in [-0.05, 0) is 61.6 Å². The van der Waals surface area contributed by atoms with E-state index in [2.05, 4.69) is 30.1 Å². The van der Waals surface area contributed by atoms with E-state index in [1.165, 1.54) is 40.8 Å². The molecule has 0 aliphatic heterocycles. The maximum absolute atomic E-state index is 10.8. The van der Waals surface area contributed by atoms with Crippen molar-refractivity contribution in [2.45, 2.75) is 38.3 Å². The number of benzene rings is 2. The van der Waals surface area contributed by atoms with Crippen molar-refractivity contribution in [2.24, 2.45) is 4.99 Å². The zero-order chi connectivity index (χ0) is 20.5. The molecule has 2 atom stereocenters. The highest BCUT2D eigenvalue weighted by atomic mass is 16.6. The number of non-ortho nitro benzene ring substituents is 1. The van der Waals surface area contributed by atoms with Crippen LogP contribution in [0.25, 0.3) is 10.9 Å². The van der Waals surface area contributed by atoms with Crippen LogP contribution in [0.5, 0.6) is 0 Å². The number of aliphatic imine (C=N–C) groups is 1. The van der Waals surface area contributed by atoms with Crippen LogP contribution in [-0.2, 0) is 6.42 Å². The summed E-state index contributed by atoms with van der Waals surface area (Å²) in [5.41, 5.74) is 5.76. The lowest BCUT2D eigenvalue weighted by atomic mass is 9.93. The predicted octanol–water partition coefficient (Wildman–Crippen LogP) is 3.60.